The highest BCUT2D eigenvalue weighted by Crippen LogP contribution is 2.37. The van der Waals surface area contributed by atoms with Gasteiger partial charge in [0, 0.05) is 57.4 Å². The number of amides is 1. The van der Waals surface area contributed by atoms with Crippen molar-refractivity contribution >= 4 is 23.5 Å². The summed E-state index contributed by atoms with van der Waals surface area (Å²) in [5.41, 5.74) is -0.0168. The molecule has 48 heavy (non-hydrogen) atoms. The number of alkyl halides is 3. The van der Waals surface area contributed by atoms with Gasteiger partial charge in [-0.15, -0.1) is 0 Å². The van der Waals surface area contributed by atoms with Crippen LogP contribution >= 0.6 is 0 Å². The van der Waals surface area contributed by atoms with Gasteiger partial charge in [0.2, 0.25) is 17.5 Å². The number of oxazole rings is 1. The molecule has 0 aliphatic carbocycles. The lowest BCUT2D eigenvalue weighted by molar-refractivity contribution is -0.141. The monoisotopic (exact) mass is 667 g/mol. The van der Waals surface area contributed by atoms with E-state index in [-0.39, 0.29) is 36.2 Å². The first-order chi connectivity index (χ1) is 23.1. The Kier molecular flexibility index (Phi) is 9.74. The van der Waals surface area contributed by atoms with Crippen LogP contribution in [0.4, 0.5) is 33.8 Å². The topological polar surface area (TPSA) is 82.8 Å². The molecule has 13 heteroatoms. The molecule has 2 aromatic heterocycles. The molecular formula is C35H34F5N5O3. The van der Waals surface area contributed by atoms with Gasteiger partial charge in [-0.25, -0.2) is 13.8 Å². The summed E-state index contributed by atoms with van der Waals surface area (Å²) in [7, 11) is 0. The third-order valence-corrected chi connectivity index (χ3v) is 8.91. The number of ketones is 1. The van der Waals surface area contributed by atoms with Crippen molar-refractivity contribution in [1.29, 1.82) is 0 Å². The molecule has 2 aliphatic heterocycles. The molecule has 2 aromatic carbocycles. The van der Waals surface area contributed by atoms with Crippen LogP contribution < -0.4 is 9.80 Å². The summed E-state index contributed by atoms with van der Waals surface area (Å²) in [6, 6.07) is 16.5. The van der Waals surface area contributed by atoms with E-state index in [0.29, 0.717) is 69.9 Å². The molecule has 1 amide bonds. The van der Waals surface area contributed by atoms with Crippen molar-refractivity contribution in [2.24, 2.45) is 0 Å². The molecule has 2 fully saturated rings. The highest BCUT2D eigenvalue weighted by Gasteiger charge is 2.42. The van der Waals surface area contributed by atoms with E-state index in [1.54, 1.807) is 21.9 Å². The number of carbonyl (C=O) groups is 2. The Morgan fingerprint density at radius 3 is 2.21 bits per heavy atom. The Morgan fingerprint density at radius 2 is 1.54 bits per heavy atom. The molecule has 0 spiro atoms. The van der Waals surface area contributed by atoms with Gasteiger partial charge in [-0.1, -0.05) is 42.5 Å². The minimum absolute atomic E-state index is 0.210. The molecule has 0 saturated carbocycles. The number of aromatic nitrogens is 2. The van der Waals surface area contributed by atoms with Crippen LogP contribution in [0.5, 0.6) is 0 Å². The molecule has 2 saturated heterocycles. The Balaban J connectivity index is 1.07. The number of Topliss-reactive ketones (excluding diaryl/α,β-unsaturated/α-hetero) is 1. The van der Waals surface area contributed by atoms with Gasteiger partial charge in [-0.05, 0) is 54.5 Å². The van der Waals surface area contributed by atoms with Gasteiger partial charge in [0.1, 0.15) is 17.5 Å². The maximum atomic E-state index is 14.1. The number of piperidine rings is 1. The van der Waals surface area contributed by atoms with E-state index in [1.807, 2.05) is 35.2 Å². The number of nitrogens with zero attached hydrogens (tertiary/aromatic N) is 5. The Labute approximate surface area is 274 Å². The Morgan fingerprint density at radius 1 is 0.812 bits per heavy atom. The third kappa shape index (κ3) is 7.50. The summed E-state index contributed by atoms with van der Waals surface area (Å²) in [5, 5.41) is 0. The molecule has 0 radical (unpaired) electrons. The summed E-state index contributed by atoms with van der Waals surface area (Å²) in [5.74, 6) is -2.74. The lowest BCUT2D eigenvalue weighted by Crippen LogP contribution is -2.36. The molecule has 252 valence electrons. The van der Waals surface area contributed by atoms with Crippen LogP contribution in [0.3, 0.4) is 0 Å². The minimum atomic E-state index is -4.87. The van der Waals surface area contributed by atoms with Crippen LogP contribution in [-0.4, -0.2) is 65.8 Å². The van der Waals surface area contributed by atoms with Crippen molar-refractivity contribution < 1.29 is 36.0 Å². The predicted octanol–water partition coefficient (Wildman–Crippen LogP) is 6.46. The molecule has 4 aromatic rings. The lowest BCUT2D eigenvalue weighted by atomic mass is 9.90. The number of pyridine rings is 1. The van der Waals surface area contributed by atoms with Crippen molar-refractivity contribution in [1.82, 2.24) is 14.9 Å². The van der Waals surface area contributed by atoms with E-state index >= 15 is 0 Å². The number of benzene rings is 2. The van der Waals surface area contributed by atoms with Crippen molar-refractivity contribution in [3.63, 3.8) is 0 Å². The van der Waals surface area contributed by atoms with Crippen LogP contribution in [0.15, 0.2) is 71.3 Å². The van der Waals surface area contributed by atoms with Crippen LogP contribution in [0.2, 0.25) is 0 Å². The van der Waals surface area contributed by atoms with E-state index in [2.05, 4.69) is 9.97 Å². The standard InChI is InChI=1S/C35H34F5N5O3/c36-27-8-4-9-28(37)26(27)21-31(47)44-15-5-14-43(18-19-44)30-11-10-23(22-41-30)20-29(46)32-33(35(38,39)40)42-34(48-32)45-16-12-25(13-17-45)24-6-2-1-3-7-24/h1-4,6-11,22,25H,5,12-21H2. The largest absolute Gasteiger partial charge is 0.437 e. The number of anilines is 2. The summed E-state index contributed by atoms with van der Waals surface area (Å²) in [6.45, 7) is 2.58. The zero-order valence-corrected chi connectivity index (χ0v) is 26.1. The fourth-order valence-corrected chi connectivity index (χ4v) is 6.29. The quantitative estimate of drug-likeness (QED) is 0.158. The van der Waals surface area contributed by atoms with Crippen LogP contribution in [-0.2, 0) is 23.8 Å². The Hall–Kier alpha value is -4.81. The summed E-state index contributed by atoms with van der Waals surface area (Å²) < 4.78 is 75.5. The van der Waals surface area contributed by atoms with Gasteiger partial charge in [0.05, 0.1) is 6.42 Å². The predicted molar refractivity (Wildman–Crippen MR) is 168 cm³/mol. The maximum Gasteiger partial charge on any atom is 0.437 e. The number of hydrogen-bond acceptors (Lipinski definition) is 7. The van der Waals surface area contributed by atoms with Gasteiger partial charge < -0.3 is 19.1 Å². The van der Waals surface area contributed by atoms with Gasteiger partial charge in [-0.3, -0.25) is 9.59 Å². The molecule has 8 nitrogen and oxygen atoms in total. The first kappa shape index (κ1) is 33.1. The number of hydrogen-bond donors (Lipinski definition) is 0. The van der Waals surface area contributed by atoms with E-state index in [1.165, 1.54) is 17.8 Å². The lowest BCUT2D eigenvalue weighted by Gasteiger charge is -2.31. The second-order valence-corrected chi connectivity index (χ2v) is 12.1. The average molecular weight is 668 g/mol. The molecular weight excluding hydrogens is 633 g/mol. The van der Waals surface area contributed by atoms with E-state index in [9.17, 15) is 31.5 Å². The van der Waals surface area contributed by atoms with E-state index in [4.69, 9.17) is 4.42 Å². The molecule has 4 heterocycles. The number of rotatable bonds is 8. The second kappa shape index (κ2) is 14.1. The average Bonchev–Trinajstić information content (AvgIpc) is 3.41. The minimum Gasteiger partial charge on any atom is -0.420 e. The fourth-order valence-electron chi connectivity index (χ4n) is 6.29. The first-order valence-electron chi connectivity index (χ1n) is 15.9. The summed E-state index contributed by atoms with van der Waals surface area (Å²) in [6.07, 6.45) is -2.16. The highest BCUT2D eigenvalue weighted by molar-refractivity contribution is 5.96. The van der Waals surface area contributed by atoms with Gasteiger partial charge in [0.25, 0.3) is 6.01 Å². The van der Waals surface area contributed by atoms with E-state index < -0.39 is 35.0 Å². The third-order valence-electron chi connectivity index (χ3n) is 8.91. The number of halogens is 5. The summed E-state index contributed by atoms with van der Waals surface area (Å²) >= 11 is 0. The maximum absolute atomic E-state index is 14.1. The van der Waals surface area contributed by atoms with Crippen LogP contribution in [0.1, 0.15) is 58.1 Å². The molecule has 0 N–H and O–H groups in total. The zero-order valence-electron chi connectivity index (χ0n) is 26.1. The molecule has 2 aliphatic rings. The fraction of sp³-hybridized carbons (Fsp3) is 0.371. The molecule has 0 atom stereocenters. The second-order valence-electron chi connectivity index (χ2n) is 12.1. The SMILES string of the molecule is O=C(Cc1ccc(N2CCCN(C(=O)Cc3c(F)cccc3F)CC2)nc1)c1oc(N2CCC(c3ccccc3)CC2)nc1C(F)(F)F. The van der Waals surface area contributed by atoms with E-state index in [0.717, 1.165) is 12.1 Å². The smallest absolute Gasteiger partial charge is 0.420 e. The number of carbonyl (C=O) groups excluding carboxylic acids is 2. The van der Waals surface area contributed by atoms with Crippen molar-refractivity contribution in [3.05, 3.63) is 107 Å². The molecule has 0 bridgehead atoms. The molecule has 6 rings (SSSR count). The van der Waals surface area contributed by atoms with Gasteiger partial charge in [-0.2, -0.15) is 18.2 Å². The first-order valence-corrected chi connectivity index (χ1v) is 15.9. The summed E-state index contributed by atoms with van der Waals surface area (Å²) in [4.78, 5) is 39.3. The van der Waals surface area contributed by atoms with Gasteiger partial charge in [0.15, 0.2) is 5.69 Å². The van der Waals surface area contributed by atoms with Crippen LogP contribution in [0, 0.1) is 11.6 Å². The molecule has 0 unspecified atom stereocenters. The van der Waals surface area contributed by atoms with Crippen molar-refractivity contribution in [2.75, 3.05) is 49.1 Å². The van der Waals surface area contributed by atoms with Crippen molar-refractivity contribution in [2.45, 2.75) is 44.2 Å². The Bertz CT molecular complexity index is 1720. The zero-order chi connectivity index (χ0) is 33.8. The highest BCUT2D eigenvalue weighted by atomic mass is 19.4. The van der Waals surface area contributed by atoms with Gasteiger partial charge >= 0.3 is 6.18 Å². The van der Waals surface area contributed by atoms with Crippen LogP contribution in [0.25, 0.3) is 0 Å². The van der Waals surface area contributed by atoms with Crippen molar-refractivity contribution in [3.8, 4) is 0 Å². The normalized spacial score (nSPS) is 16.2.